The second-order valence-corrected chi connectivity index (χ2v) is 5.90. The highest BCUT2D eigenvalue weighted by Crippen LogP contribution is 2.35. The second-order valence-electron chi connectivity index (χ2n) is 5.90. The van der Waals surface area contributed by atoms with Crippen LogP contribution in [0.1, 0.15) is 11.1 Å². The maximum Gasteiger partial charge on any atom is 0.329 e. The molecule has 0 spiro atoms. The fourth-order valence-electron chi connectivity index (χ4n) is 2.88. The smallest absolute Gasteiger partial charge is 0.329 e. The molecule has 0 aliphatic rings. The number of aromatic nitrogens is 2. The Morgan fingerprint density at radius 1 is 1.04 bits per heavy atom. The third kappa shape index (κ3) is 3.69. The van der Waals surface area contributed by atoms with Gasteiger partial charge in [-0.1, -0.05) is 43.0 Å². The van der Waals surface area contributed by atoms with Crippen molar-refractivity contribution < 1.29 is 9.47 Å². The number of hydrogen-bond acceptors (Lipinski definition) is 4. The van der Waals surface area contributed by atoms with E-state index in [9.17, 15) is 9.59 Å². The molecule has 1 N–H and O–H groups in total. The molecule has 0 amide bonds. The molecule has 0 unspecified atom stereocenters. The molecule has 0 fully saturated rings. The van der Waals surface area contributed by atoms with Crippen LogP contribution in [0, 0.1) is 0 Å². The summed E-state index contributed by atoms with van der Waals surface area (Å²) >= 11 is 0. The van der Waals surface area contributed by atoms with Crippen molar-refractivity contribution in [1.29, 1.82) is 0 Å². The van der Waals surface area contributed by atoms with Gasteiger partial charge >= 0.3 is 5.69 Å². The van der Waals surface area contributed by atoms with E-state index >= 15 is 0 Å². The third-order valence-corrected chi connectivity index (χ3v) is 4.27. The van der Waals surface area contributed by atoms with Gasteiger partial charge in [-0.2, -0.15) is 0 Å². The maximum absolute atomic E-state index is 12.6. The average molecular weight is 364 g/mol. The Balaban J connectivity index is 2.10. The van der Waals surface area contributed by atoms with E-state index in [1.165, 1.54) is 20.3 Å². The Bertz CT molecular complexity index is 1050. The monoisotopic (exact) mass is 364 g/mol. The highest BCUT2D eigenvalue weighted by Gasteiger charge is 2.14. The minimum absolute atomic E-state index is 0.204. The molecule has 138 valence electrons. The van der Waals surface area contributed by atoms with Gasteiger partial charge in [-0.05, 0) is 23.3 Å². The molecule has 3 aromatic rings. The Kier molecular flexibility index (Phi) is 5.26. The summed E-state index contributed by atoms with van der Waals surface area (Å²) in [7, 11) is 3.06. The third-order valence-electron chi connectivity index (χ3n) is 4.27. The highest BCUT2D eigenvalue weighted by molar-refractivity contribution is 5.75. The van der Waals surface area contributed by atoms with Crippen LogP contribution >= 0.6 is 0 Å². The number of ether oxygens (including phenoxy) is 2. The highest BCUT2D eigenvalue weighted by atomic mass is 16.5. The topological polar surface area (TPSA) is 73.3 Å². The van der Waals surface area contributed by atoms with Crippen molar-refractivity contribution in [3.8, 4) is 22.8 Å². The van der Waals surface area contributed by atoms with Crippen molar-refractivity contribution in [2.24, 2.45) is 0 Å². The van der Waals surface area contributed by atoms with Gasteiger partial charge in [0.15, 0.2) is 11.5 Å². The first-order valence-corrected chi connectivity index (χ1v) is 8.34. The number of aromatic amines is 1. The largest absolute Gasteiger partial charge is 0.493 e. The van der Waals surface area contributed by atoms with Crippen LogP contribution in [0.3, 0.4) is 0 Å². The van der Waals surface area contributed by atoms with Crippen molar-refractivity contribution in [1.82, 2.24) is 9.55 Å². The molecule has 6 nitrogen and oxygen atoms in total. The van der Waals surface area contributed by atoms with Crippen molar-refractivity contribution in [2.75, 3.05) is 14.2 Å². The predicted octanol–water partition coefficient (Wildman–Crippen LogP) is 2.91. The minimum atomic E-state index is -0.480. The SMILES string of the molecule is C=Cc1cc(OC)c(OC)cc1-c1cc(=O)n(Cc2ccccc2)c(=O)[nH]1. The summed E-state index contributed by atoms with van der Waals surface area (Å²) in [6, 6.07) is 14.2. The van der Waals surface area contributed by atoms with Crippen LogP contribution in [0.25, 0.3) is 17.3 Å². The lowest BCUT2D eigenvalue weighted by atomic mass is 10.0. The number of H-pyrrole nitrogens is 1. The van der Waals surface area contributed by atoms with Gasteiger partial charge in [0, 0.05) is 11.6 Å². The summed E-state index contributed by atoms with van der Waals surface area (Å²) in [5.74, 6) is 1.03. The molecule has 0 aliphatic heterocycles. The fraction of sp³-hybridized carbons (Fsp3) is 0.143. The van der Waals surface area contributed by atoms with E-state index < -0.39 is 5.69 Å². The zero-order chi connectivity index (χ0) is 19.4. The summed E-state index contributed by atoms with van der Waals surface area (Å²) in [6.07, 6.45) is 1.63. The minimum Gasteiger partial charge on any atom is -0.493 e. The molecule has 3 rings (SSSR count). The first kappa shape index (κ1) is 18.3. The van der Waals surface area contributed by atoms with Gasteiger partial charge in [-0.15, -0.1) is 0 Å². The van der Waals surface area contributed by atoms with Crippen LogP contribution in [-0.2, 0) is 6.54 Å². The van der Waals surface area contributed by atoms with E-state index in [4.69, 9.17) is 9.47 Å². The van der Waals surface area contributed by atoms with Crippen LogP contribution in [-0.4, -0.2) is 23.8 Å². The molecular weight excluding hydrogens is 344 g/mol. The molecule has 0 aliphatic carbocycles. The lowest BCUT2D eigenvalue weighted by molar-refractivity contribution is 0.355. The number of nitrogens with one attached hydrogen (secondary N) is 1. The second kappa shape index (κ2) is 7.78. The lowest BCUT2D eigenvalue weighted by Crippen LogP contribution is -2.35. The molecule has 0 radical (unpaired) electrons. The van der Waals surface area contributed by atoms with Crippen molar-refractivity contribution in [2.45, 2.75) is 6.54 Å². The summed E-state index contributed by atoms with van der Waals surface area (Å²) in [5.41, 5.74) is 1.74. The Hall–Kier alpha value is -3.54. The van der Waals surface area contributed by atoms with Gasteiger partial charge in [0.25, 0.3) is 5.56 Å². The maximum atomic E-state index is 12.6. The standard InChI is InChI=1S/C21H20N2O4/c1-4-15-10-18(26-2)19(27-3)11-16(15)17-12-20(24)23(21(25)22-17)13-14-8-6-5-7-9-14/h4-12H,1,13H2,2-3H3,(H,22,25). The van der Waals surface area contributed by atoms with Gasteiger partial charge in [-0.25, -0.2) is 4.79 Å². The van der Waals surface area contributed by atoms with Crippen LogP contribution < -0.4 is 20.7 Å². The molecule has 1 heterocycles. The number of rotatable bonds is 6. The zero-order valence-corrected chi connectivity index (χ0v) is 15.2. The van der Waals surface area contributed by atoms with Gasteiger partial charge in [0.05, 0.1) is 26.5 Å². The first-order valence-electron chi connectivity index (χ1n) is 8.34. The Morgan fingerprint density at radius 2 is 1.70 bits per heavy atom. The van der Waals surface area contributed by atoms with Gasteiger partial charge < -0.3 is 14.5 Å². The van der Waals surface area contributed by atoms with Crippen molar-refractivity contribution in [3.05, 3.63) is 87.1 Å². The van der Waals surface area contributed by atoms with E-state index in [0.29, 0.717) is 28.3 Å². The zero-order valence-electron chi connectivity index (χ0n) is 15.2. The van der Waals surface area contributed by atoms with E-state index in [1.54, 1.807) is 18.2 Å². The van der Waals surface area contributed by atoms with E-state index in [-0.39, 0.29) is 12.1 Å². The number of benzene rings is 2. The molecular formula is C21H20N2O4. The summed E-state index contributed by atoms with van der Waals surface area (Å²) < 4.78 is 11.8. The van der Waals surface area contributed by atoms with Gasteiger partial charge in [0.1, 0.15) is 0 Å². The molecule has 0 saturated carbocycles. The fourth-order valence-corrected chi connectivity index (χ4v) is 2.88. The lowest BCUT2D eigenvalue weighted by Gasteiger charge is -2.13. The van der Waals surface area contributed by atoms with Crippen molar-refractivity contribution >= 4 is 6.08 Å². The summed E-state index contributed by atoms with van der Waals surface area (Å²) in [4.78, 5) is 27.9. The Labute approximate surface area is 156 Å². The van der Waals surface area contributed by atoms with Crippen LogP contribution in [0.5, 0.6) is 11.5 Å². The molecule has 0 bridgehead atoms. The van der Waals surface area contributed by atoms with Crippen molar-refractivity contribution in [3.63, 3.8) is 0 Å². The summed E-state index contributed by atoms with van der Waals surface area (Å²) in [6.45, 7) is 4.00. The van der Waals surface area contributed by atoms with Crippen LogP contribution in [0.2, 0.25) is 0 Å². The van der Waals surface area contributed by atoms with Crippen LogP contribution in [0.15, 0.2) is 64.7 Å². The van der Waals surface area contributed by atoms with E-state index in [2.05, 4.69) is 11.6 Å². The van der Waals surface area contributed by atoms with Gasteiger partial charge in [0.2, 0.25) is 0 Å². The average Bonchev–Trinajstić information content (AvgIpc) is 2.70. The number of nitrogens with zero attached hydrogens (tertiary/aromatic N) is 1. The molecule has 0 atom stereocenters. The molecule has 0 saturated heterocycles. The quantitative estimate of drug-likeness (QED) is 0.730. The van der Waals surface area contributed by atoms with E-state index in [1.807, 2.05) is 30.3 Å². The first-order chi connectivity index (χ1) is 13.1. The molecule has 27 heavy (non-hydrogen) atoms. The van der Waals surface area contributed by atoms with Crippen LogP contribution in [0.4, 0.5) is 0 Å². The van der Waals surface area contributed by atoms with E-state index in [0.717, 1.165) is 10.1 Å². The van der Waals surface area contributed by atoms with Gasteiger partial charge in [-0.3, -0.25) is 9.36 Å². The molecule has 6 heteroatoms. The molecule has 2 aromatic carbocycles. The molecule has 1 aromatic heterocycles. The number of hydrogen-bond donors (Lipinski definition) is 1. The summed E-state index contributed by atoms with van der Waals surface area (Å²) in [5, 5.41) is 0. The predicted molar refractivity (Wildman–Crippen MR) is 105 cm³/mol. The normalized spacial score (nSPS) is 10.4. The Morgan fingerprint density at radius 3 is 2.30 bits per heavy atom. The number of methoxy groups -OCH3 is 2.